The van der Waals surface area contributed by atoms with Crippen LogP contribution in [0.15, 0.2) is 42.9 Å². The zero-order valence-corrected chi connectivity index (χ0v) is 15.5. The van der Waals surface area contributed by atoms with E-state index in [2.05, 4.69) is 28.3 Å². The molecule has 0 aliphatic heterocycles. The maximum absolute atomic E-state index is 5.70. The van der Waals surface area contributed by atoms with Crippen LogP contribution in [-0.2, 0) is 19.9 Å². The highest BCUT2D eigenvalue weighted by Gasteiger charge is 2.21. The van der Waals surface area contributed by atoms with E-state index in [0.717, 1.165) is 46.6 Å². The van der Waals surface area contributed by atoms with Gasteiger partial charge in [0.15, 0.2) is 0 Å². The number of aryl methyl sites for hydroxylation is 2. The summed E-state index contributed by atoms with van der Waals surface area (Å²) in [5.41, 5.74) is 7.58. The molecule has 136 valence electrons. The summed E-state index contributed by atoms with van der Waals surface area (Å²) in [4.78, 5) is 4.68. The molecule has 6 nitrogen and oxygen atoms in total. The minimum atomic E-state index is 0.609. The maximum Gasteiger partial charge on any atom is 0.139 e. The standard InChI is InChI=1S/C21H21N5O/c1-3-27-16-10-19-21(22-12-16)20(15-11-23-25(2)13-15)24-26(19)18-9-5-7-14-6-4-8-17(14)18/h5,7,9-13H,3-4,6,8H2,1-2H3. The van der Waals surface area contributed by atoms with Crippen molar-refractivity contribution in [1.29, 1.82) is 0 Å². The van der Waals surface area contributed by atoms with Gasteiger partial charge in [0, 0.05) is 24.9 Å². The van der Waals surface area contributed by atoms with Gasteiger partial charge in [0.05, 0.1) is 30.2 Å². The molecule has 4 aromatic rings. The molecule has 0 amide bonds. The zero-order valence-electron chi connectivity index (χ0n) is 15.5. The number of hydrogen-bond donors (Lipinski definition) is 0. The normalized spacial score (nSPS) is 13.3. The summed E-state index contributed by atoms with van der Waals surface area (Å²) in [5.74, 6) is 0.761. The Labute approximate surface area is 157 Å². The van der Waals surface area contributed by atoms with Crippen LogP contribution in [-0.4, -0.2) is 31.2 Å². The van der Waals surface area contributed by atoms with Crippen molar-refractivity contribution >= 4 is 11.0 Å². The molecule has 1 aliphatic carbocycles. The van der Waals surface area contributed by atoms with E-state index in [0.29, 0.717) is 6.61 Å². The smallest absolute Gasteiger partial charge is 0.139 e. The molecule has 0 saturated carbocycles. The monoisotopic (exact) mass is 359 g/mol. The molecule has 3 heterocycles. The second-order valence-electron chi connectivity index (χ2n) is 6.90. The lowest BCUT2D eigenvalue weighted by atomic mass is 10.1. The van der Waals surface area contributed by atoms with Crippen molar-refractivity contribution in [1.82, 2.24) is 24.5 Å². The molecule has 0 unspecified atom stereocenters. The van der Waals surface area contributed by atoms with Crippen LogP contribution in [0.3, 0.4) is 0 Å². The zero-order chi connectivity index (χ0) is 18.4. The van der Waals surface area contributed by atoms with Gasteiger partial charge in [-0.1, -0.05) is 12.1 Å². The molecule has 1 aromatic carbocycles. The average Bonchev–Trinajstić information content (AvgIpc) is 3.39. The number of rotatable bonds is 4. The Kier molecular flexibility index (Phi) is 3.70. The molecule has 27 heavy (non-hydrogen) atoms. The molecule has 0 radical (unpaired) electrons. The van der Waals surface area contributed by atoms with E-state index < -0.39 is 0 Å². The fraction of sp³-hybridized carbons (Fsp3) is 0.286. The van der Waals surface area contributed by atoms with Gasteiger partial charge in [-0.15, -0.1) is 0 Å². The number of fused-ring (bicyclic) bond motifs is 2. The summed E-state index contributed by atoms with van der Waals surface area (Å²) in [6.07, 6.45) is 9.00. The first-order chi connectivity index (χ1) is 13.2. The summed E-state index contributed by atoms with van der Waals surface area (Å²) in [7, 11) is 1.91. The molecule has 0 spiro atoms. The van der Waals surface area contributed by atoms with Gasteiger partial charge in [0.2, 0.25) is 0 Å². The molecule has 1 aliphatic rings. The predicted octanol–water partition coefficient (Wildman–Crippen LogP) is 3.71. The van der Waals surface area contributed by atoms with E-state index >= 15 is 0 Å². The lowest BCUT2D eigenvalue weighted by molar-refractivity contribution is 0.339. The Morgan fingerprint density at radius 1 is 1.19 bits per heavy atom. The Morgan fingerprint density at radius 2 is 2.11 bits per heavy atom. The third-order valence-electron chi connectivity index (χ3n) is 5.13. The lowest BCUT2D eigenvalue weighted by Gasteiger charge is -2.10. The van der Waals surface area contributed by atoms with Gasteiger partial charge in [-0.25, -0.2) is 9.67 Å². The van der Waals surface area contributed by atoms with Gasteiger partial charge in [-0.2, -0.15) is 10.2 Å². The number of benzene rings is 1. The second kappa shape index (κ2) is 6.23. The first-order valence-corrected chi connectivity index (χ1v) is 9.36. The first-order valence-electron chi connectivity index (χ1n) is 9.36. The van der Waals surface area contributed by atoms with Crippen LogP contribution in [0.5, 0.6) is 5.75 Å². The Bertz CT molecular complexity index is 1140. The SMILES string of the molecule is CCOc1cnc2c(-c3cnn(C)c3)nn(-c3cccc4c3CCC4)c2c1. The first kappa shape index (κ1) is 16.1. The number of nitrogens with zero attached hydrogens (tertiary/aromatic N) is 5. The molecule has 6 heteroatoms. The number of ether oxygens (including phenoxy) is 1. The summed E-state index contributed by atoms with van der Waals surface area (Å²) in [6, 6.07) is 8.53. The Balaban J connectivity index is 1.78. The summed E-state index contributed by atoms with van der Waals surface area (Å²) in [5, 5.41) is 9.27. The Hall–Kier alpha value is -3.15. The van der Waals surface area contributed by atoms with Crippen LogP contribution in [0, 0.1) is 0 Å². The summed E-state index contributed by atoms with van der Waals surface area (Å²) in [6.45, 7) is 2.59. The molecule has 0 N–H and O–H groups in total. The van der Waals surface area contributed by atoms with E-state index in [1.807, 2.05) is 37.1 Å². The van der Waals surface area contributed by atoms with Gasteiger partial charge in [-0.05, 0) is 43.4 Å². The van der Waals surface area contributed by atoms with Crippen molar-refractivity contribution < 1.29 is 4.74 Å². The van der Waals surface area contributed by atoms with Gasteiger partial charge < -0.3 is 4.74 Å². The molecule has 3 aromatic heterocycles. The van der Waals surface area contributed by atoms with E-state index in [4.69, 9.17) is 9.84 Å². The highest BCUT2D eigenvalue weighted by atomic mass is 16.5. The number of pyridine rings is 1. The quantitative estimate of drug-likeness (QED) is 0.557. The number of aromatic nitrogens is 5. The van der Waals surface area contributed by atoms with E-state index in [1.165, 1.54) is 17.5 Å². The van der Waals surface area contributed by atoms with Crippen LogP contribution in [0.4, 0.5) is 0 Å². The average molecular weight is 359 g/mol. The fourth-order valence-electron chi connectivity index (χ4n) is 3.95. The van der Waals surface area contributed by atoms with Crippen LogP contribution in [0.1, 0.15) is 24.5 Å². The van der Waals surface area contributed by atoms with Gasteiger partial charge in [0.25, 0.3) is 0 Å². The van der Waals surface area contributed by atoms with Crippen LogP contribution in [0.25, 0.3) is 28.0 Å². The van der Waals surface area contributed by atoms with Crippen LogP contribution >= 0.6 is 0 Å². The van der Waals surface area contributed by atoms with E-state index in [1.54, 1.807) is 10.9 Å². The maximum atomic E-state index is 5.70. The molecular formula is C21H21N5O. The van der Waals surface area contributed by atoms with E-state index in [9.17, 15) is 0 Å². The molecule has 0 bridgehead atoms. The predicted molar refractivity (Wildman–Crippen MR) is 104 cm³/mol. The molecule has 5 rings (SSSR count). The van der Waals surface area contributed by atoms with Gasteiger partial charge in [0.1, 0.15) is 17.0 Å². The van der Waals surface area contributed by atoms with Crippen molar-refractivity contribution in [2.75, 3.05) is 6.61 Å². The second-order valence-corrected chi connectivity index (χ2v) is 6.90. The van der Waals surface area contributed by atoms with Crippen molar-refractivity contribution in [3.63, 3.8) is 0 Å². The molecule has 0 fully saturated rings. The minimum Gasteiger partial charge on any atom is -0.492 e. The van der Waals surface area contributed by atoms with Gasteiger partial charge >= 0.3 is 0 Å². The summed E-state index contributed by atoms with van der Waals surface area (Å²) < 4.78 is 9.51. The van der Waals surface area contributed by atoms with Crippen LogP contribution in [0.2, 0.25) is 0 Å². The van der Waals surface area contributed by atoms with Crippen molar-refractivity contribution in [3.05, 3.63) is 54.0 Å². The topological polar surface area (TPSA) is 57.8 Å². The third-order valence-corrected chi connectivity index (χ3v) is 5.13. The molecular weight excluding hydrogens is 338 g/mol. The fourth-order valence-corrected chi connectivity index (χ4v) is 3.95. The number of hydrogen-bond acceptors (Lipinski definition) is 4. The highest BCUT2D eigenvalue weighted by molar-refractivity contribution is 5.91. The highest BCUT2D eigenvalue weighted by Crippen LogP contribution is 2.34. The molecule has 0 saturated heterocycles. The van der Waals surface area contributed by atoms with Crippen molar-refractivity contribution in [2.45, 2.75) is 26.2 Å². The van der Waals surface area contributed by atoms with Crippen molar-refractivity contribution in [3.8, 4) is 22.7 Å². The largest absolute Gasteiger partial charge is 0.492 e. The lowest BCUT2D eigenvalue weighted by Crippen LogP contribution is -2.02. The molecule has 0 atom stereocenters. The Morgan fingerprint density at radius 3 is 2.93 bits per heavy atom. The van der Waals surface area contributed by atoms with E-state index in [-0.39, 0.29) is 0 Å². The van der Waals surface area contributed by atoms with Crippen LogP contribution < -0.4 is 4.74 Å². The van der Waals surface area contributed by atoms with Crippen molar-refractivity contribution in [2.24, 2.45) is 7.05 Å². The summed E-state index contributed by atoms with van der Waals surface area (Å²) >= 11 is 0. The minimum absolute atomic E-state index is 0.609. The third kappa shape index (κ3) is 2.60. The van der Waals surface area contributed by atoms with Gasteiger partial charge in [-0.3, -0.25) is 4.68 Å².